The molecule has 0 unspecified atom stereocenters. The van der Waals surface area contributed by atoms with Crippen LogP contribution in [-0.4, -0.2) is 14.5 Å². The number of imidazole rings is 1. The molecule has 0 amide bonds. The number of benzene rings is 5. The summed E-state index contributed by atoms with van der Waals surface area (Å²) in [6, 6.07) is 40.0. The van der Waals surface area contributed by atoms with Crippen molar-refractivity contribution in [3.8, 4) is 39.5 Å². The first-order valence-electron chi connectivity index (χ1n) is 21.1. The van der Waals surface area contributed by atoms with Crippen LogP contribution in [0.1, 0.15) is 130 Å². The van der Waals surface area contributed by atoms with Crippen LogP contribution >= 0.6 is 0 Å². The van der Waals surface area contributed by atoms with Gasteiger partial charge in [0.25, 0.3) is 0 Å². The maximum atomic E-state index is 7.09. The molecule has 0 bridgehead atoms. The Labute approximate surface area is 345 Å². The van der Waals surface area contributed by atoms with Gasteiger partial charge in [-0.1, -0.05) is 145 Å². The van der Waals surface area contributed by atoms with Gasteiger partial charge in [0.2, 0.25) is 5.71 Å². The SMILES string of the molecule is CC(C)c1cc(-c2ccccc2)cc(C(C)C)c1-n1c(-c2ccc(C(C)(C)C)c3c2oc2nc(-c4cc(C(C)(C)C)cc(C(C)(C)C)c4)ccc23)nc2ccccc21. The first kappa shape index (κ1) is 39.4. The summed E-state index contributed by atoms with van der Waals surface area (Å²) in [5.74, 6) is 1.39. The van der Waals surface area contributed by atoms with Gasteiger partial charge in [-0.05, 0) is 122 Å². The summed E-state index contributed by atoms with van der Waals surface area (Å²) in [5.41, 5.74) is 16.4. The molecule has 0 fully saturated rings. The number of nitrogens with zero attached hydrogens (tertiary/aromatic N) is 3. The number of hydrogen-bond acceptors (Lipinski definition) is 3. The Morgan fingerprint density at radius 1 is 0.552 bits per heavy atom. The van der Waals surface area contributed by atoms with E-state index in [1.54, 1.807) is 0 Å². The highest BCUT2D eigenvalue weighted by Crippen LogP contribution is 2.45. The van der Waals surface area contributed by atoms with E-state index in [1.807, 2.05) is 0 Å². The van der Waals surface area contributed by atoms with Crippen LogP contribution in [0.4, 0.5) is 0 Å². The number of aromatic nitrogens is 3. The lowest BCUT2D eigenvalue weighted by atomic mass is 9.79. The quantitative estimate of drug-likeness (QED) is 0.169. The van der Waals surface area contributed by atoms with E-state index in [0.29, 0.717) is 5.71 Å². The minimum absolute atomic E-state index is 0.00577. The highest BCUT2D eigenvalue weighted by molar-refractivity contribution is 6.11. The summed E-state index contributed by atoms with van der Waals surface area (Å²) >= 11 is 0. The molecule has 58 heavy (non-hydrogen) atoms. The van der Waals surface area contributed by atoms with Gasteiger partial charge in [0.1, 0.15) is 11.4 Å². The predicted molar refractivity (Wildman–Crippen MR) is 247 cm³/mol. The van der Waals surface area contributed by atoms with Gasteiger partial charge in [-0.2, -0.15) is 0 Å². The van der Waals surface area contributed by atoms with Crippen LogP contribution in [0.15, 0.2) is 114 Å². The third-order valence-electron chi connectivity index (χ3n) is 11.8. The lowest BCUT2D eigenvalue weighted by molar-refractivity contribution is 0.569. The highest BCUT2D eigenvalue weighted by Gasteiger charge is 2.29. The molecule has 0 aliphatic carbocycles. The molecule has 4 heteroatoms. The molecule has 8 aromatic rings. The average Bonchev–Trinajstić information content (AvgIpc) is 3.74. The third kappa shape index (κ3) is 6.95. The molecule has 0 aliphatic heterocycles. The first-order chi connectivity index (χ1) is 27.3. The number of furan rings is 1. The van der Waals surface area contributed by atoms with E-state index in [4.69, 9.17) is 14.4 Å². The van der Waals surface area contributed by atoms with E-state index in [9.17, 15) is 0 Å². The average molecular weight is 766 g/mol. The first-order valence-corrected chi connectivity index (χ1v) is 21.1. The van der Waals surface area contributed by atoms with Crippen molar-refractivity contribution in [2.45, 2.75) is 118 Å². The number of pyridine rings is 1. The molecule has 0 spiro atoms. The summed E-state index contributed by atoms with van der Waals surface area (Å²) in [4.78, 5) is 10.8. The van der Waals surface area contributed by atoms with Crippen molar-refractivity contribution in [3.63, 3.8) is 0 Å². The Bertz CT molecular complexity index is 2770. The zero-order chi connectivity index (χ0) is 41.5. The number of fused-ring (bicyclic) bond motifs is 4. The van der Waals surface area contributed by atoms with E-state index in [0.717, 1.165) is 50.0 Å². The Morgan fingerprint density at radius 2 is 1.16 bits per heavy atom. The van der Waals surface area contributed by atoms with Crippen LogP contribution in [0.5, 0.6) is 0 Å². The van der Waals surface area contributed by atoms with Gasteiger partial charge in [-0.15, -0.1) is 0 Å². The summed E-state index contributed by atoms with van der Waals surface area (Å²) in [6.45, 7) is 29.7. The zero-order valence-corrected chi connectivity index (χ0v) is 36.8. The second-order valence-corrected chi connectivity index (χ2v) is 20.0. The van der Waals surface area contributed by atoms with E-state index < -0.39 is 0 Å². The Morgan fingerprint density at radius 3 is 1.74 bits per heavy atom. The molecule has 3 aromatic heterocycles. The van der Waals surface area contributed by atoms with Gasteiger partial charge in [0.05, 0.1) is 28.0 Å². The fourth-order valence-corrected chi connectivity index (χ4v) is 8.41. The molecule has 0 saturated carbocycles. The summed E-state index contributed by atoms with van der Waals surface area (Å²) in [7, 11) is 0. The Kier molecular flexibility index (Phi) is 9.58. The molecular formula is C54H59N3O. The van der Waals surface area contributed by atoms with Crippen molar-refractivity contribution in [2.24, 2.45) is 0 Å². The fraction of sp³-hybridized carbons (Fsp3) is 0.333. The topological polar surface area (TPSA) is 43.9 Å². The number of rotatable bonds is 6. The van der Waals surface area contributed by atoms with Crippen molar-refractivity contribution in [1.29, 1.82) is 0 Å². The molecule has 3 heterocycles. The van der Waals surface area contributed by atoms with Crippen molar-refractivity contribution < 1.29 is 4.42 Å². The van der Waals surface area contributed by atoms with Gasteiger partial charge >= 0.3 is 0 Å². The molecule has 4 nitrogen and oxygen atoms in total. The van der Waals surface area contributed by atoms with E-state index >= 15 is 0 Å². The van der Waals surface area contributed by atoms with Crippen LogP contribution in [0.3, 0.4) is 0 Å². The number of hydrogen-bond donors (Lipinski definition) is 0. The Balaban J connectivity index is 1.43. The minimum atomic E-state index is -0.141. The van der Waals surface area contributed by atoms with Crippen molar-refractivity contribution >= 4 is 33.1 Å². The van der Waals surface area contributed by atoms with Gasteiger partial charge in [0.15, 0.2) is 0 Å². The summed E-state index contributed by atoms with van der Waals surface area (Å²) < 4.78 is 9.50. The largest absolute Gasteiger partial charge is 0.437 e. The second kappa shape index (κ2) is 14.1. The molecule has 8 rings (SSSR count). The van der Waals surface area contributed by atoms with Gasteiger partial charge < -0.3 is 4.42 Å². The second-order valence-electron chi connectivity index (χ2n) is 20.0. The van der Waals surface area contributed by atoms with E-state index in [2.05, 4.69) is 204 Å². The smallest absolute Gasteiger partial charge is 0.227 e. The van der Waals surface area contributed by atoms with E-state index in [1.165, 1.54) is 44.6 Å². The molecule has 0 radical (unpaired) electrons. The summed E-state index contributed by atoms with van der Waals surface area (Å²) in [6.07, 6.45) is 0. The molecule has 5 aromatic carbocycles. The maximum Gasteiger partial charge on any atom is 0.227 e. The van der Waals surface area contributed by atoms with E-state index in [-0.39, 0.29) is 28.1 Å². The van der Waals surface area contributed by atoms with Crippen molar-refractivity contribution in [2.75, 3.05) is 0 Å². The fourth-order valence-electron chi connectivity index (χ4n) is 8.41. The van der Waals surface area contributed by atoms with Crippen LogP contribution in [-0.2, 0) is 16.2 Å². The molecule has 0 saturated heterocycles. The van der Waals surface area contributed by atoms with Crippen molar-refractivity contribution in [3.05, 3.63) is 137 Å². The zero-order valence-electron chi connectivity index (χ0n) is 36.8. The summed E-state index contributed by atoms with van der Waals surface area (Å²) in [5, 5.41) is 2.12. The molecule has 0 atom stereocenters. The normalized spacial score (nSPS) is 12.9. The van der Waals surface area contributed by atoms with Crippen LogP contribution in [0, 0.1) is 0 Å². The van der Waals surface area contributed by atoms with Crippen molar-refractivity contribution in [1.82, 2.24) is 14.5 Å². The van der Waals surface area contributed by atoms with Crippen LogP contribution in [0.2, 0.25) is 0 Å². The monoisotopic (exact) mass is 765 g/mol. The predicted octanol–water partition coefficient (Wildman–Crippen LogP) is 15.5. The Hall–Kier alpha value is -5.48. The standard InChI is InChI=1S/C54H59N3O/c1-32(2)41-29-35(34-19-15-14-16-20-34)30-42(33(3)4)48(41)57-46-22-18-17-21-45(46)55-50(57)40-23-25-43(54(11,12)13)47-39-24-26-44(56-51(39)58-49(40)47)36-27-37(52(5,6)7)31-38(28-36)53(8,9)10/h14-33H,1-13H3. The number of para-hydroxylation sites is 2. The lowest BCUT2D eigenvalue weighted by Crippen LogP contribution is -2.16. The van der Waals surface area contributed by atoms with Crippen LogP contribution < -0.4 is 0 Å². The van der Waals surface area contributed by atoms with Gasteiger partial charge in [0, 0.05) is 16.3 Å². The molecule has 0 aliphatic rings. The van der Waals surface area contributed by atoms with Gasteiger partial charge in [-0.3, -0.25) is 4.57 Å². The maximum absolute atomic E-state index is 7.09. The third-order valence-corrected chi connectivity index (χ3v) is 11.8. The lowest BCUT2D eigenvalue weighted by Gasteiger charge is -2.26. The molecular weight excluding hydrogens is 707 g/mol. The minimum Gasteiger partial charge on any atom is -0.437 e. The molecule has 0 N–H and O–H groups in total. The van der Waals surface area contributed by atoms with Gasteiger partial charge in [-0.25, -0.2) is 9.97 Å². The molecule has 296 valence electrons. The van der Waals surface area contributed by atoms with Crippen LogP contribution in [0.25, 0.3) is 72.6 Å². The highest BCUT2D eigenvalue weighted by atomic mass is 16.3.